The van der Waals surface area contributed by atoms with E-state index in [0.29, 0.717) is 0 Å². The van der Waals surface area contributed by atoms with Crippen molar-refractivity contribution in [1.29, 1.82) is 0 Å². The Morgan fingerprint density at radius 1 is 1.21 bits per heavy atom. The van der Waals surface area contributed by atoms with Crippen LogP contribution >= 0.6 is 22.9 Å². The molecule has 1 aromatic carbocycles. The van der Waals surface area contributed by atoms with E-state index in [1.165, 1.54) is 11.2 Å². The van der Waals surface area contributed by atoms with Gasteiger partial charge in [-0.15, -0.1) is 11.3 Å². The lowest BCUT2D eigenvalue weighted by atomic mass is 10.2. The van der Waals surface area contributed by atoms with Crippen molar-refractivity contribution in [2.75, 3.05) is 5.32 Å². The predicted octanol–water partition coefficient (Wildman–Crippen LogP) is 3.59. The van der Waals surface area contributed by atoms with Crippen LogP contribution in [0.1, 0.15) is 4.88 Å². The molecule has 0 aliphatic rings. The summed E-state index contributed by atoms with van der Waals surface area (Å²) in [4.78, 5) is 5.16. The number of rotatable bonds is 4. The molecule has 0 saturated carbocycles. The highest BCUT2D eigenvalue weighted by molar-refractivity contribution is 7.16. The van der Waals surface area contributed by atoms with Gasteiger partial charge in [0.25, 0.3) is 0 Å². The van der Waals surface area contributed by atoms with Crippen molar-refractivity contribution in [2.24, 2.45) is 0 Å². The van der Waals surface area contributed by atoms with E-state index in [-0.39, 0.29) is 0 Å². The molecule has 0 radical (unpaired) electrons. The SMILES string of the molecule is Clc1ccc(CNc2ccccc2-n2cncn2)s1. The number of nitrogens with one attached hydrogen (secondary N) is 1. The van der Waals surface area contributed by atoms with Crippen LogP contribution in [0.2, 0.25) is 4.34 Å². The Morgan fingerprint density at radius 2 is 2.11 bits per heavy atom. The van der Waals surface area contributed by atoms with Crippen molar-refractivity contribution in [3.05, 3.63) is 58.3 Å². The normalized spacial score (nSPS) is 10.6. The average molecular weight is 291 g/mol. The van der Waals surface area contributed by atoms with Gasteiger partial charge < -0.3 is 5.32 Å². The molecule has 2 aromatic heterocycles. The van der Waals surface area contributed by atoms with Gasteiger partial charge in [-0.2, -0.15) is 5.10 Å². The van der Waals surface area contributed by atoms with Crippen LogP contribution in [0.4, 0.5) is 5.69 Å². The number of thiophene rings is 1. The number of anilines is 1. The molecular weight excluding hydrogens is 280 g/mol. The molecule has 0 spiro atoms. The van der Waals surface area contributed by atoms with E-state index in [4.69, 9.17) is 11.6 Å². The first-order valence-corrected chi connectivity index (χ1v) is 6.94. The number of para-hydroxylation sites is 2. The summed E-state index contributed by atoms with van der Waals surface area (Å²) in [5.74, 6) is 0. The molecular formula is C13H11ClN4S. The van der Waals surface area contributed by atoms with Gasteiger partial charge in [0, 0.05) is 11.4 Å². The van der Waals surface area contributed by atoms with Gasteiger partial charge in [-0.05, 0) is 24.3 Å². The Balaban J connectivity index is 1.81. The zero-order valence-electron chi connectivity index (χ0n) is 9.95. The second-order valence-electron chi connectivity index (χ2n) is 3.92. The fraction of sp³-hybridized carbons (Fsp3) is 0.0769. The number of halogens is 1. The minimum atomic E-state index is 0.739. The molecule has 0 atom stereocenters. The van der Waals surface area contributed by atoms with E-state index in [1.807, 2.05) is 36.4 Å². The third-order valence-corrected chi connectivity index (χ3v) is 3.88. The van der Waals surface area contributed by atoms with Crippen LogP contribution in [-0.2, 0) is 6.54 Å². The minimum absolute atomic E-state index is 0.739. The van der Waals surface area contributed by atoms with Crippen molar-refractivity contribution in [1.82, 2.24) is 14.8 Å². The highest BCUT2D eigenvalue weighted by atomic mass is 35.5. The van der Waals surface area contributed by atoms with Crippen LogP contribution in [-0.4, -0.2) is 14.8 Å². The molecule has 3 rings (SSSR count). The van der Waals surface area contributed by atoms with E-state index < -0.39 is 0 Å². The fourth-order valence-corrected chi connectivity index (χ4v) is 2.81. The third-order valence-electron chi connectivity index (χ3n) is 2.65. The molecule has 0 aliphatic heterocycles. The molecule has 4 nitrogen and oxygen atoms in total. The molecule has 0 fully saturated rings. The molecule has 96 valence electrons. The van der Waals surface area contributed by atoms with E-state index in [2.05, 4.69) is 15.4 Å². The van der Waals surface area contributed by atoms with Crippen molar-refractivity contribution >= 4 is 28.6 Å². The van der Waals surface area contributed by atoms with E-state index in [1.54, 1.807) is 22.3 Å². The minimum Gasteiger partial charge on any atom is -0.378 e. The number of hydrogen-bond donors (Lipinski definition) is 1. The van der Waals surface area contributed by atoms with Gasteiger partial charge in [0.05, 0.1) is 15.7 Å². The van der Waals surface area contributed by atoms with Crippen LogP contribution in [0.25, 0.3) is 5.69 Å². The molecule has 0 saturated heterocycles. The number of hydrogen-bond acceptors (Lipinski definition) is 4. The lowest BCUT2D eigenvalue weighted by Crippen LogP contribution is -2.03. The maximum atomic E-state index is 5.92. The molecule has 6 heteroatoms. The third kappa shape index (κ3) is 2.77. The topological polar surface area (TPSA) is 42.7 Å². The second-order valence-corrected chi connectivity index (χ2v) is 5.72. The summed E-state index contributed by atoms with van der Waals surface area (Å²) >= 11 is 7.50. The van der Waals surface area contributed by atoms with E-state index in [9.17, 15) is 0 Å². The molecule has 1 N–H and O–H groups in total. The number of aromatic nitrogens is 3. The molecule has 0 aliphatic carbocycles. The molecule has 0 amide bonds. The zero-order chi connectivity index (χ0) is 13.1. The maximum absolute atomic E-state index is 5.92. The Kier molecular flexibility index (Phi) is 3.48. The van der Waals surface area contributed by atoms with Gasteiger partial charge in [0.2, 0.25) is 0 Å². The van der Waals surface area contributed by atoms with Crippen LogP contribution in [0.15, 0.2) is 49.1 Å². The summed E-state index contributed by atoms with van der Waals surface area (Å²) in [6, 6.07) is 11.9. The Bertz CT molecular complexity index is 663. The molecule has 3 aromatic rings. The quantitative estimate of drug-likeness (QED) is 0.798. The van der Waals surface area contributed by atoms with Crippen molar-refractivity contribution < 1.29 is 0 Å². The standard InChI is InChI=1S/C13H11ClN4S/c14-13-6-5-10(19-13)7-16-11-3-1-2-4-12(11)18-9-15-8-17-18/h1-6,8-9,16H,7H2. The molecule has 2 heterocycles. The highest BCUT2D eigenvalue weighted by Gasteiger charge is 2.05. The fourth-order valence-electron chi connectivity index (χ4n) is 1.78. The smallest absolute Gasteiger partial charge is 0.138 e. The Labute approximate surface area is 119 Å². The van der Waals surface area contributed by atoms with Gasteiger partial charge in [-0.1, -0.05) is 23.7 Å². The summed E-state index contributed by atoms with van der Waals surface area (Å²) in [6.07, 6.45) is 3.21. The van der Waals surface area contributed by atoms with Gasteiger partial charge in [-0.25, -0.2) is 9.67 Å². The first-order valence-electron chi connectivity index (χ1n) is 5.75. The summed E-state index contributed by atoms with van der Waals surface area (Å²) in [6.45, 7) is 0.739. The van der Waals surface area contributed by atoms with Crippen LogP contribution in [0.3, 0.4) is 0 Å². The lowest BCUT2D eigenvalue weighted by Gasteiger charge is -2.10. The summed E-state index contributed by atoms with van der Waals surface area (Å²) in [5, 5.41) is 7.55. The number of nitrogens with zero attached hydrogens (tertiary/aromatic N) is 3. The summed E-state index contributed by atoms with van der Waals surface area (Å²) in [7, 11) is 0. The summed E-state index contributed by atoms with van der Waals surface area (Å²) in [5.41, 5.74) is 1.99. The van der Waals surface area contributed by atoms with E-state index in [0.717, 1.165) is 22.3 Å². The number of benzene rings is 1. The van der Waals surface area contributed by atoms with Crippen molar-refractivity contribution in [3.8, 4) is 5.69 Å². The van der Waals surface area contributed by atoms with Gasteiger partial charge >= 0.3 is 0 Å². The molecule has 19 heavy (non-hydrogen) atoms. The highest BCUT2D eigenvalue weighted by Crippen LogP contribution is 2.24. The maximum Gasteiger partial charge on any atom is 0.138 e. The average Bonchev–Trinajstić information content (AvgIpc) is 3.08. The predicted molar refractivity (Wildman–Crippen MR) is 78.0 cm³/mol. The second kappa shape index (κ2) is 5.42. The van der Waals surface area contributed by atoms with Gasteiger partial charge in [0.1, 0.15) is 12.7 Å². The van der Waals surface area contributed by atoms with Gasteiger partial charge in [-0.3, -0.25) is 0 Å². The van der Waals surface area contributed by atoms with Crippen LogP contribution in [0, 0.1) is 0 Å². The first kappa shape index (κ1) is 12.2. The Hall–Kier alpha value is -1.85. The Morgan fingerprint density at radius 3 is 2.84 bits per heavy atom. The molecule has 0 unspecified atom stereocenters. The van der Waals surface area contributed by atoms with Crippen molar-refractivity contribution in [3.63, 3.8) is 0 Å². The van der Waals surface area contributed by atoms with Crippen LogP contribution in [0.5, 0.6) is 0 Å². The van der Waals surface area contributed by atoms with E-state index >= 15 is 0 Å². The van der Waals surface area contributed by atoms with Crippen molar-refractivity contribution in [2.45, 2.75) is 6.54 Å². The largest absolute Gasteiger partial charge is 0.378 e. The van der Waals surface area contributed by atoms with Crippen LogP contribution < -0.4 is 5.32 Å². The lowest BCUT2D eigenvalue weighted by molar-refractivity contribution is 0.878. The first-order chi connectivity index (χ1) is 9.33. The monoisotopic (exact) mass is 290 g/mol. The molecule has 0 bridgehead atoms. The summed E-state index contributed by atoms with van der Waals surface area (Å²) < 4.78 is 2.55. The zero-order valence-corrected chi connectivity index (χ0v) is 11.5. The van der Waals surface area contributed by atoms with Gasteiger partial charge in [0.15, 0.2) is 0 Å².